The van der Waals surface area contributed by atoms with E-state index in [0.717, 1.165) is 22.0 Å². The molecule has 0 saturated heterocycles. The van der Waals surface area contributed by atoms with Crippen LogP contribution in [0.1, 0.15) is 28.1 Å². The number of thiazole rings is 1. The van der Waals surface area contributed by atoms with Crippen molar-refractivity contribution in [1.29, 1.82) is 5.26 Å². The second kappa shape index (κ2) is 5.82. The Morgan fingerprint density at radius 1 is 1.43 bits per heavy atom. The van der Waals surface area contributed by atoms with Crippen LogP contribution in [0.25, 0.3) is 10.9 Å². The van der Waals surface area contributed by atoms with Crippen molar-refractivity contribution in [2.24, 2.45) is 0 Å². The van der Waals surface area contributed by atoms with Crippen molar-refractivity contribution in [3.8, 4) is 6.07 Å². The Morgan fingerprint density at radius 2 is 2.22 bits per heavy atom. The monoisotopic (exact) mass is 326 g/mol. The minimum Gasteiger partial charge on any atom is -0.321 e. The predicted octanol–water partition coefficient (Wildman–Crippen LogP) is 1.94. The highest BCUT2D eigenvalue weighted by Crippen LogP contribution is 2.19. The summed E-state index contributed by atoms with van der Waals surface area (Å²) in [6, 6.07) is 4.84. The standard InChI is InChI=1S/C16H14N4O2S/c1-3-12-14(23-9(2)18-12)8-20-5-4-13-11(16(20)22)6-10(7-17)15(21)19-13/h4-6H,3,8H2,1-2H3,(H,19,21). The van der Waals surface area contributed by atoms with Gasteiger partial charge in [0.1, 0.15) is 11.6 Å². The molecule has 3 heterocycles. The van der Waals surface area contributed by atoms with Gasteiger partial charge in [-0.3, -0.25) is 9.59 Å². The smallest absolute Gasteiger partial charge is 0.266 e. The molecule has 3 rings (SSSR count). The molecule has 0 saturated carbocycles. The molecule has 0 fully saturated rings. The number of aromatic amines is 1. The van der Waals surface area contributed by atoms with Gasteiger partial charge in [-0.25, -0.2) is 4.98 Å². The van der Waals surface area contributed by atoms with Gasteiger partial charge in [-0.15, -0.1) is 11.3 Å². The minimum absolute atomic E-state index is 0.0600. The lowest BCUT2D eigenvalue weighted by Crippen LogP contribution is -2.22. The van der Waals surface area contributed by atoms with Crippen LogP contribution in [0.4, 0.5) is 0 Å². The molecule has 0 aliphatic rings. The van der Waals surface area contributed by atoms with E-state index in [9.17, 15) is 9.59 Å². The number of hydrogen-bond donors (Lipinski definition) is 1. The number of nitrogens with one attached hydrogen (secondary N) is 1. The number of aryl methyl sites for hydroxylation is 2. The molecule has 0 radical (unpaired) electrons. The summed E-state index contributed by atoms with van der Waals surface area (Å²) < 4.78 is 1.58. The third-order valence-corrected chi connectivity index (χ3v) is 4.64. The van der Waals surface area contributed by atoms with Gasteiger partial charge in [0.05, 0.1) is 28.1 Å². The van der Waals surface area contributed by atoms with Crippen molar-refractivity contribution >= 4 is 22.2 Å². The van der Waals surface area contributed by atoms with Gasteiger partial charge in [0.25, 0.3) is 11.1 Å². The summed E-state index contributed by atoms with van der Waals surface area (Å²) in [4.78, 5) is 32.4. The summed E-state index contributed by atoms with van der Waals surface area (Å²) >= 11 is 1.58. The maximum atomic E-state index is 12.6. The second-order valence-electron chi connectivity index (χ2n) is 5.16. The number of nitrogens with zero attached hydrogens (tertiary/aromatic N) is 3. The third kappa shape index (κ3) is 2.69. The second-order valence-corrected chi connectivity index (χ2v) is 6.44. The number of pyridine rings is 2. The largest absolute Gasteiger partial charge is 0.321 e. The van der Waals surface area contributed by atoms with Gasteiger partial charge in [-0.1, -0.05) is 6.92 Å². The molecule has 23 heavy (non-hydrogen) atoms. The summed E-state index contributed by atoms with van der Waals surface area (Å²) in [6.07, 6.45) is 2.47. The van der Waals surface area contributed by atoms with Crippen molar-refractivity contribution in [3.63, 3.8) is 0 Å². The van der Waals surface area contributed by atoms with E-state index in [-0.39, 0.29) is 11.1 Å². The lowest BCUT2D eigenvalue weighted by molar-refractivity contribution is 0.766. The average Bonchev–Trinajstić information content (AvgIpc) is 2.89. The van der Waals surface area contributed by atoms with Crippen LogP contribution in [0.2, 0.25) is 0 Å². The van der Waals surface area contributed by atoms with Gasteiger partial charge in [-0.2, -0.15) is 5.26 Å². The summed E-state index contributed by atoms with van der Waals surface area (Å²) in [5.74, 6) is 0. The highest BCUT2D eigenvalue weighted by Gasteiger charge is 2.11. The Bertz CT molecular complexity index is 1050. The number of nitriles is 1. The van der Waals surface area contributed by atoms with Crippen LogP contribution in [-0.2, 0) is 13.0 Å². The van der Waals surface area contributed by atoms with Gasteiger partial charge in [0, 0.05) is 11.1 Å². The Hall–Kier alpha value is -2.72. The van der Waals surface area contributed by atoms with Crippen molar-refractivity contribution in [3.05, 3.63) is 60.2 Å². The quantitative estimate of drug-likeness (QED) is 0.796. The van der Waals surface area contributed by atoms with Crippen LogP contribution in [0.3, 0.4) is 0 Å². The first-order valence-electron chi connectivity index (χ1n) is 7.15. The zero-order chi connectivity index (χ0) is 16.6. The van der Waals surface area contributed by atoms with Gasteiger partial charge in [0.15, 0.2) is 0 Å². The summed E-state index contributed by atoms with van der Waals surface area (Å²) in [7, 11) is 0. The van der Waals surface area contributed by atoms with Crippen LogP contribution in [0.5, 0.6) is 0 Å². The molecule has 3 aromatic heterocycles. The first kappa shape index (κ1) is 15.2. The fourth-order valence-corrected chi connectivity index (χ4v) is 3.54. The van der Waals surface area contributed by atoms with Crippen molar-refractivity contribution in [2.45, 2.75) is 26.8 Å². The normalized spacial score (nSPS) is 10.8. The van der Waals surface area contributed by atoms with Crippen LogP contribution < -0.4 is 11.1 Å². The minimum atomic E-state index is -0.483. The number of fused-ring (bicyclic) bond motifs is 1. The zero-order valence-electron chi connectivity index (χ0n) is 12.7. The van der Waals surface area contributed by atoms with E-state index in [0.29, 0.717) is 17.4 Å². The Morgan fingerprint density at radius 3 is 2.91 bits per heavy atom. The highest BCUT2D eigenvalue weighted by atomic mass is 32.1. The SMILES string of the molecule is CCc1nc(C)sc1Cn1ccc2[nH]c(=O)c(C#N)cc2c1=O. The van der Waals surface area contributed by atoms with Gasteiger partial charge < -0.3 is 9.55 Å². The molecule has 0 spiro atoms. The molecule has 7 heteroatoms. The topological polar surface area (TPSA) is 91.5 Å². The highest BCUT2D eigenvalue weighted by molar-refractivity contribution is 7.11. The fraction of sp³-hybridized carbons (Fsp3) is 0.250. The van der Waals surface area contributed by atoms with E-state index in [1.165, 1.54) is 6.07 Å². The van der Waals surface area contributed by atoms with E-state index in [1.807, 2.05) is 13.8 Å². The Balaban J connectivity index is 2.14. The fourth-order valence-electron chi connectivity index (χ4n) is 2.51. The maximum Gasteiger partial charge on any atom is 0.266 e. The number of H-pyrrole nitrogens is 1. The molecule has 0 bridgehead atoms. The van der Waals surface area contributed by atoms with Crippen LogP contribution in [-0.4, -0.2) is 14.5 Å². The zero-order valence-corrected chi connectivity index (χ0v) is 13.5. The first-order chi connectivity index (χ1) is 11.0. The van der Waals surface area contributed by atoms with E-state index < -0.39 is 5.56 Å². The molecule has 0 amide bonds. The summed E-state index contributed by atoms with van der Waals surface area (Å²) in [5, 5.41) is 10.3. The molecular formula is C16H14N4O2S. The van der Waals surface area contributed by atoms with Gasteiger partial charge >= 0.3 is 0 Å². The van der Waals surface area contributed by atoms with E-state index in [4.69, 9.17) is 5.26 Å². The average molecular weight is 326 g/mol. The lowest BCUT2D eigenvalue weighted by atomic mass is 10.2. The van der Waals surface area contributed by atoms with Gasteiger partial charge in [-0.05, 0) is 25.5 Å². The first-order valence-corrected chi connectivity index (χ1v) is 7.97. The third-order valence-electron chi connectivity index (χ3n) is 3.64. The number of rotatable bonds is 3. The van der Waals surface area contributed by atoms with Crippen LogP contribution in [0, 0.1) is 18.3 Å². The van der Waals surface area contributed by atoms with Crippen molar-refractivity contribution < 1.29 is 0 Å². The molecule has 0 unspecified atom stereocenters. The molecule has 3 aromatic rings. The van der Waals surface area contributed by atoms with Crippen LogP contribution >= 0.6 is 11.3 Å². The van der Waals surface area contributed by atoms with E-state index in [1.54, 1.807) is 34.2 Å². The molecule has 116 valence electrons. The molecular weight excluding hydrogens is 312 g/mol. The number of hydrogen-bond acceptors (Lipinski definition) is 5. The molecule has 1 N–H and O–H groups in total. The molecule has 6 nitrogen and oxygen atoms in total. The van der Waals surface area contributed by atoms with Gasteiger partial charge in [0.2, 0.25) is 0 Å². The van der Waals surface area contributed by atoms with Crippen LogP contribution in [0.15, 0.2) is 27.9 Å². The predicted molar refractivity (Wildman–Crippen MR) is 88.9 cm³/mol. The Kier molecular flexibility index (Phi) is 3.84. The van der Waals surface area contributed by atoms with E-state index >= 15 is 0 Å². The van der Waals surface area contributed by atoms with Crippen molar-refractivity contribution in [1.82, 2.24) is 14.5 Å². The molecule has 0 aromatic carbocycles. The summed E-state index contributed by atoms with van der Waals surface area (Å²) in [6.45, 7) is 4.41. The molecule has 0 aliphatic carbocycles. The number of aromatic nitrogens is 3. The maximum absolute atomic E-state index is 12.6. The van der Waals surface area contributed by atoms with E-state index in [2.05, 4.69) is 9.97 Å². The van der Waals surface area contributed by atoms with Crippen molar-refractivity contribution in [2.75, 3.05) is 0 Å². The lowest BCUT2D eigenvalue weighted by Gasteiger charge is -2.07. The molecule has 0 aliphatic heterocycles. The molecule has 0 atom stereocenters. The Labute approximate surface area is 135 Å². The summed E-state index contributed by atoms with van der Waals surface area (Å²) in [5.41, 5.74) is 0.659.